The van der Waals surface area contributed by atoms with Crippen LogP contribution < -0.4 is 10.1 Å². The van der Waals surface area contributed by atoms with Gasteiger partial charge in [-0.2, -0.15) is 0 Å². The maximum atomic E-state index is 11.7. The van der Waals surface area contributed by atoms with E-state index in [2.05, 4.69) is 19.2 Å². The standard InChI is InChI=1S/C15H22N2O4/c1-11(2)4-5-12(3)16-15(18)10-21-14-8-6-13(7-9-14)17(19)20/h6-9,11-12H,4-5,10H2,1-3H3,(H,16,18)/t12-/m0/s1. The molecule has 0 bridgehead atoms. The number of amides is 1. The summed E-state index contributed by atoms with van der Waals surface area (Å²) >= 11 is 0. The lowest BCUT2D eigenvalue weighted by atomic mass is 10.0. The number of nitrogens with zero attached hydrogens (tertiary/aromatic N) is 1. The van der Waals surface area contributed by atoms with Crippen LogP contribution in [-0.4, -0.2) is 23.5 Å². The van der Waals surface area contributed by atoms with E-state index in [1.807, 2.05) is 6.92 Å². The van der Waals surface area contributed by atoms with Crippen LogP contribution in [0.1, 0.15) is 33.6 Å². The fourth-order valence-electron chi connectivity index (χ4n) is 1.78. The largest absolute Gasteiger partial charge is 0.484 e. The molecule has 1 atom stereocenters. The molecule has 1 N–H and O–H groups in total. The molecule has 0 aromatic heterocycles. The van der Waals surface area contributed by atoms with E-state index in [0.29, 0.717) is 11.7 Å². The molecular weight excluding hydrogens is 272 g/mol. The van der Waals surface area contributed by atoms with Gasteiger partial charge in [0.1, 0.15) is 5.75 Å². The molecule has 0 saturated heterocycles. The van der Waals surface area contributed by atoms with Crippen LogP contribution >= 0.6 is 0 Å². The monoisotopic (exact) mass is 294 g/mol. The van der Waals surface area contributed by atoms with Crippen LogP contribution in [0.2, 0.25) is 0 Å². The van der Waals surface area contributed by atoms with E-state index in [-0.39, 0.29) is 24.2 Å². The lowest BCUT2D eigenvalue weighted by Gasteiger charge is -2.15. The van der Waals surface area contributed by atoms with Crippen LogP contribution in [0.3, 0.4) is 0 Å². The summed E-state index contributed by atoms with van der Waals surface area (Å²) in [7, 11) is 0. The van der Waals surface area contributed by atoms with Gasteiger partial charge in [-0.15, -0.1) is 0 Å². The molecule has 1 amide bonds. The Balaban J connectivity index is 2.34. The average Bonchev–Trinajstić information content (AvgIpc) is 2.43. The number of carbonyl (C=O) groups is 1. The zero-order chi connectivity index (χ0) is 15.8. The van der Waals surface area contributed by atoms with Gasteiger partial charge in [0, 0.05) is 18.2 Å². The summed E-state index contributed by atoms with van der Waals surface area (Å²) in [5.41, 5.74) is -0.00545. The first-order valence-electron chi connectivity index (χ1n) is 7.05. The molecule has 0 unspecified atom stereocenters. The number of nitro groups is 1. The van der Waals surface area contributed by atoms with Crippen molar-refractivity contribution in [1.82, 2.24) is 5.32 Å². The maximum Gasteiger partial charge on any atom is 0.269 e. The molecule has 0 aliphatic carbocycles. The van der Waals surface area contributed by atoms with Gasteiger partial charge >= 0.3 is 0 Å². The number of nitro benzene ring substituents is 1. The van der Waals surface area contributed by atoms with E-state index in [0.717, 1.165) is 12.8 Å². The summed E-state index contributed by atoms with van der Waals surface area (Å²) in [4.78, 5) is 21.7. The number of benzene rings is 1. The van der Waals surface area contributed by atoms with Crippen molar-refractivity contribution >= 4 is 11.6 Å². The van der Waals surface area contributed by atoms with Gasteiger partial charge < -0.3 is 10.1 Å². The van der Waals surface area contributed by atoms with Crippen molar-refractivity contribution in [3.05, 3.63) is 34.4 Å². The summed E-state index contributed by atoms with van der Waals surface area (Å²) < 4.78 is 5.29. The van der Waals surface area contributed by atoms with E-state index in [1.165, 1.54) is 24.3 Å². The highest BCUT2D eigenvalue weighted by atomic mass is 16.6. The predicted molar refractivity (Wildman–Crippen MR) is 80.3 cm³/mol. The number of nitrogens with one attached hydrogen (secondary N) is 1. The minimum Gasteiger partial charge on any atom is -0.484 e. The van der Waals surface area contributed by atoms with Crippen LogP contribution in [0.15, 0.2) is 24.3 Å². The van der Waals surface area contributed by atoms with E-state index < -0.39 is 4.92 Å². The highest BCUT2D eigenvalue weighted by Crippen LogP contribution is 2.17. The van der Waals surface area contributed by atoms with E-state index in [1.54, 1.807) is 0 Å². The van der Waals surface area contributed by atoms with Gasteiger partial charge in [0.2, 0.25) is 0 Å². The third-order valence-corrected chi connectivity index (χ3v) is 3.00. The molecule has 0 heterocycles. The molecule has 0 spiro atoms. The fourth-order valence-corrected chi connectivity index (χ4v) is 1.78. The fraction of sp³-hybridized carbons (Fsp3) is 0.533. The van der Waals surface area contributed by atoms with Crippen molar-refractivity contribution < 1.29 is 14.5 Å². The molecule has 1 rings (SSSR count). The first-order valence-corrected chi connectivity index (χ1v) is 7.05. The van der Waals surface area contributed by atoms with Crippen molar-refractivity contribution in [3.63, 3.8) is 0 Å². The Morgan fingerprint density at radius 3 is 2.38 bits per heavy atom. The van der Waals surface area contributed by atoms with Crippen molar-refractivity contribution in [1.29, 1.82) is 0 Å². The van der Waals surface area contributed by atoms with E-state index >= 15 is 0 Å². The van der Waals surface area contributed by atoms with Crippen LogP contribution in [-0.2, 0) is 4.79 Å². The Labute approximate surface area is 124 Å². The predicted octanol–water partition coefficient (Wildman–Crippen LogP) is 2.91. The summed E-state index contributed by atoms with van der Waals surface area (Å²) in [6.07, 6.45) is 1.99. The molecule has 0 aliphatic rings. The van der Waals surface area contributed by atoms with Gasteiger partial charge in [-0.25, -0.2) is 0 Å². The van der Waals surface area contributed by atoms with E-state index in [4.69, 9.17) is 4.74 Å². The van der Waals surface area contributed by atoms with Crippen LogP contribution in [0, 0.1) is 16.0 Å². The summed E-state index contributed by atoms with van der Waals surface area (Å²) in [6.45, 7) is 6.16. The molecule has 0 radical (unpaired) electrons. The van der Waals surface area contributed by atoms with Crippen LogP contribution in [0.4, 0.5) is 5.69 Å². The summed E-state index contributed by atoms with van der Waals surface area (Å²) in [5.74, 6) is 0.857. The topological polar surface area (TPSA) is 81.5 Å². The van der Waals surface area contributed by atoms with Gasteiger partial charge in [-0.05, 0) is 37.8 Å². The number of carbonyl (C=O) groups excluding carboxylic acids is 1. The molecule has 6 nitrogen and oxygen atoms in total. The first kappa shape index (κ1) is 16.9. The zero-order valence-electron chi connectivity index (χ0n) is 12.7. The SMILES string of the molecule is CC(C)CC[C@H](C)NC(=O)COc1ccc([N+](=O)[O-])cc1. The smallest absolute Gasteiger partial charge is 0.269 e. The number of hydrogen-bond donors (Lipinski definition) is 1. The molecule has 6 heteroatoms. The molecule has 0 aliphatic heterocycles. The number of hydrogen-bond acceptors (Lipinski definition) is 4. The minimum atomic E-state index is -0.479. The second-order valence-corrected chi connectivity index (χ2v) is 5.48. The van der Waals surface area contributed by atoms with Crippen LogP contribution in [0.25, 0.3) is 0 Å². The Bertz CT molecular complexity index is 471. The summed E-state index contributed by atoms with van der Waals surface area (Å²) in [6, 6.07) is 5.76. The third-order valence-electron chi connectivity index (χ3n) is 3.00. The van der Waals surface area contributed by atoms with Gasteiger partial charge in [-0.1, -0.05) is 13.8 Å². The zero-order valence-corrected chi connectivity index (χ0v) is 12.7. The second-order valence-electron chi connectivity index (χ2n) is 5.48. The Kier molecular flexibility index (Phi) is 6.65. The molecule has 116 valence electrons. The quantitative estimate of drug-likeness (QED) is 0.590. The Hall–Kier alpha value is -2.11. The normalized spacial score (nSPS) is 12.0. The Morgan fingerprint density at radius 1 is 1.24 bits per heavy atom. The lowest BCUT2D eigenvalue weighted by Crippen LogP contribution is -2.36. The highest BCUT2D eigenvalue weighted by molar-refractivity contribution is 5.77. The molecule has 1 aromatic rings. The number of non-ortho nitro benzene ring substituents is 1. The first-order chi connectivity index (χ1) is 9.88. The van der Waals surface area contributed by atoms with Crippen molar-refractivity contribution in [2.24, 2.45) is 5.92 Å². The molecule has 0 saturated carbocycles. The Morgan fingerprint density at radius 2 is 1.86 bits per heavy atom. The van der Waals surface area contributed by atoms with Gasteiger partial charge in [-0.3, -0.25) is 14.9 Å². The van der Waals surface area contributed by atoms with Crippen molar-refractivity contribution in [3.8, 4) is 5.75 Å². The van der Waals surface area contributed by atoms with Crippen molar-refractivity contribution in [2.75, 3.05) is 6.61 Å². The molecule has 0 fully saturated rings. The molecular formula is C15H22N2O4. The van der Waals surface area contributed by atoms with Gasteiger partial charge in [0.25, 0.3) is 11.6 Å². The van der Waals surface area contributed by atoms with Crippen LogP contribution in [0.5, 0.6) is 5.75 Å². The average molecular weight is 294 g/mol. The molecule has 1 aromatic carbocycles. The minimum absolute atomic E-state index is 0.00545. The van der Waals surface area contributed by atoms with Gasteiger partial charge in [0.15, 0.2) is 6.61 Å². The highest BCUT2D eigenvalue weighted by Gasteiger charge is 2.09. The molecule has 21 heavy (non-hydrogen) atoms. The number of ether oxygens (including phenoxy) is 1. The maximum absolute atomic E-state index is 11.7. The van der Waals surface area contributed by atoms with Crippen molar-refractivity contribution in [2.45, 2.75) is 39.7 Å². The number of rotatable bonds is 8. The second kappa shape index (κ2) is 8.24. The third kappa shape index (κ3) is 6.74. The van der Waals surface area contributed by atoms with E-state index in [9.17, 15) is 14.9 Å². The van der Waals surface area contributed by atoms with Gasteiger partial charge in [0.05, 0.1) is 4.92 Å². The summed E-state index contributed by atoms with van der Waals surface area (Å²) in [5, 5.41) is 13.4. The lowest BCUT2D eigenvalue weighted by molar-refractivity contribution is -0.384.